The van der Waals surface area contributed by atoms with Crippen LogP contribution in [0.5, 0.6) is 0 Å². The maximum atomic E-state index is 14.6. The molecule has 4 N–H and O–H groups in total. The number of benzene rings is 2. The fourth-order valence-corrected chi connectivity index (χ4v) is 7.23. The lowest BCUT2D eigenvalue weighted by Crippen LogP contribution is -2.20. The van der Waals surface area contributed by atoms with Crippen LogP contribution in [0.4, 0.5) is 11.4 Å². The highest BCUT2D eigenvalue weighted by Crippen LogP contribution is 2.42. The van der Waals surface area contributed by atoms with Crippen LogP contribution in [0.3, 0.4) is 0 Å². The maximum absolute atomic E-state index is 14.6. The number of ether oxygens (including phenoxy) is 4. The summed E-state index contributed by atoms with van der Waals surface area (Å²) in [7, 11) is -3.90. The molecule has 4 heterocycles. The minimum absolute atomic E-state index is 0.00623. The largest absolute Gasteiger partial charge is 0.399 e. The fraction of sp³-hybridized carbons (Fsp3) is 0.538. The third-order valence-corrected chi connectivity index (χ3v) is 9.63. The van der Waals surface area contributed by atoms with Crippen molar-refractivity contribution in [1.82, 2.24) is 0 Å². The molecular formula is C26H32N2O6S. The van der Waals surface area contributed by atoms with E-state index in [1.54, 1.807) is 12.1 Å². The molecule has 9 heteroatoms. The van der Waals surface area contributed by atoms with Crippen molar-refractivity contribution in [2.24, 2.45) is 0 Å². The molecule has 0 saturated carbocycles. The first-order chi connectivity index (χ1) is 16.7. The quantitative estimate of drug-likeness (QED) is 0.374. The Labute approximate surface area is 205 Å². The minimum Gasteiger partial charge on any atom is -0.399 e. The average Bonchev–Trinajstić information content (AvgIpc) is 3.63. The molecule has 0 amide bonds. The lowest BCUT2D eigenvalue weighted by molar-refractivity contribution is 0.400. The van der Waals surface area contributed by atoms with Gasteiger partial charge in [0.1, 0.15) is 0 Å². The van der Waals surface area contributed by atoms with E-state index in [1.165, 1.54) is 0 Å². The summed E-state index contributed by atoms with van der Waals surface area (Å²) in [5, 5.41) is 0. The normalized spacial score (nSPS) is 26.6. The highest BCUT2D eigenvalue weighted by molar-refractivity contribution is 7.91. The third kappa shape index (κ3) is 4.56. The molecule has 2 aromatic carbocycles. The number of rotatable bonds is 10. The lowest BCUT2D eigenvalue weighted by Gasteiger charge is -2.24. The zero-order valence-corrected chi connectivity index (χ0v) is 20.9. The second-order valence-corrected chi connectivity index (χ2v) is 12.1. The van der Waals surface area contributed by atoms with Crippen molar-refractivity contribution < 1.29 is 27.4 Å². The van der Waals surface area contributed by atoms with Gasteiger partial charge >= 0.3 is 0 Å². The number of epoxide rings is 4. The molecule has 0 bridgehead atoms. The topological polar surface area (TPSA) is 136 Å². The van der Waals surface area contributed by atoms with Crippen LogP contribution in [0.1, 0.15) is 33.4 Å². The molecule has 0 radical (unpaired) electrons. The number of hydrogen-bond acceptors (Lipinski definition) is 8. The molecule has 188 valence electrons. The summed E-state index contributed by atoms with van der Waals surface area (Å²) in [6, 6.07) is 3.34. The molecule has 4 aliphatic rings. The highest BCUT2D eigenvalue weighted by atomic mass is 32.2. The van der Waals surface area contributed by atoms with E-state index in [9.17, 15) is 8.42 Å². The van der Waals surface area contributed by atoms with E-state index in [-0.39, 0.29) is 24.4 Å². The van der Waals surface area contributed by atoms with E-state index < -0.39 is 9.84 Å². The monoisotopic (exact) mass is 500 g/mol. The van der Waals surface area contributed by atoms with Crippen LogP contribution < -0.4 is 11.5 Å². The first-order valence-corrected chi connectivity index (χ1v) is 13.7. The van der Waals surface area contributed by atoms with Crippen molar-refractivity contribution in [2.45, 2.75) is 73.7 Å². The van der Waals surface area contributed by atoms with Crippen molar-refractivity contribution in [3.63, 3.8) is 0 Å². The molecule has 2 aromatic rings. The summed E-state index contributed by atoms with van der Waals surface area (Å²) in [6.07, 6.45) is 2.41. The molecule has 4 saturated heterocycles. The van der Waals surface area contributed by atoms with Crippen molar-refractivity contribution >= 4 is 21.2 Å². The summed E-state index contributed by atoms with van der Waals surface area (Å²) in [5.74, 6) is 0. The van der Waals surface area contributed by atoms with Crippen LogP contribution in [0.15, 0.2) is 21.9 Å². The summed E-state index contributed by atoms with van der Waals surface area (Å²) in [4.78, 5) is 0.656. The molecule has 8 nitrogen and oxygen atoms in total. The van der Waals surface area contributed by atoms with Gasteiger partial charge in [-0.2, -0.15) is 0 Å². The number of nitrogens with two attached hydrogens (primary N) is 2. The van der Waals surface area contributed by atoms with E-state index in [0.717, 1.165) is 27.8 Å². The maximum Gasteiger partial charge on any atom is 0.207 e. The van der Waals surface area contributed by atoms with Crippen molar-refractivity contribution in [2.75, 3.05) is 37.9 Å². The van der Waals surface area contributed by atoms with E-state index in [2.05, 4.69) is 0 Å². The Morgan fingerprint density at radius 1 is 0.714 bits per heavy atom. The van der Waals surface area contributed by atoms with Gasteiger partial charge in [-0.1, -0.05) is 0 Å². The number of nitrogen functional groups attached to an aromatic ring is 2. The second-order valence-electron chi connectivity index (χ2n) is 10.2. The van der Waals surface area contributed by atoms with Crippen LogP contribution >= 0.6 is 0 Å². The Morgan fingerprint density at radius 3 is 1.69 bits per heavy atom. The van der Waals surface area contributed by atoms with E-state index in [4.69, 9.17) is 30.4 Å². The Hall–Kier alpha value is -2.17. The Morgan fingerprint density at radius 2 is 1.17 bits per heavy atom. The summed E-state index contributed by atoms with van der Waals surface area (Å²) in [5.41, 5.74) is 18.9. The zero-order valence-electron chi connectivity index (χ0n) is 20.1. The Kier molecular flexibility index (Phi) is 5.61. The number of anilines is 2. The predicted molar refractivity (Wildman–Crippen MR) is 130 cm³/mol. The Balaban J connectivity index is 1.57. The summed E-state index contributed by atoms with van der Waals surface area (Å²) < 4.78 is 51.1. The van der Waals surface area contributed by atoms with Crippen LogP contribution in [0.2, 0.25) is 0 Å². The average molecular weight is 501 g/mol. The predicted octanol–water partition coefficient (Wildman–Crippen LogP) is 2.07. The number of hydrogen-bond donors (Lipinski definition) is 2. The Bertz CT molecular complexity index is 1290. The highest BCUT2D eigenvalue weighted by Gasteiger charge is 2.38. The molecule has 0 aromatic heterocycles. The van der Waals surface area contributed by atoms with Crippen molar-refractivity contribution in [1.29, 1.82) is 0 Å². The van der Waals surface area contributed by atoms with Gasteiger partial charge in [0.2, 0.25) is 9.84 Å². The zero-order chi connectivity index (χ0) is 24.5. The first kappa shape index (κ1) is 23.2. The SMILES string of the molecule is Cc1c(N)ccc(S(=O)(=O)c2c(C)c(CC3CO3)c(N)c(CC3CO3)c2CC2CO2)c1CC1CO1. The van der Waals surface area contributed by atoms with E-state index in [0.29, 0.717) is 78.8 Å². The van der Waals surface area contributed by atoms with Gasteiger partial charge in [0.05, 0.1) is 60.6 Å². The molecular weight excluding hydrogens is 468 g/mol. The second kappa shape index (κ2) is 8.45. The van der Waals surface area contributed by atoms with Gasteiger partial charge in [-0.25, -0.2) is 8.42 Å². The summed E-state index contributed by atoms with van der Waals surface area (Å²) in [6.45, 7) is 6.35. The smallest absolute Gasteiger partial charge is 0.207 e. The van der Waals surface area contributed by atoms with Crippen LogP contribution in [-0.4, -0.2) is 59.3 Å². The molecule has 4 unspecified atom stereocenters. The van der Waals surface area contributed by atoms with Gasteiger partial charge in [-0.05, 0) is 59.4 Å². The van der Waals surface area contributed by atoms with Gasteiger partial charge in [-0.15, -0.1) is 0 Å². The van der Waals surface area contributed by atoms with Gasteiger partial charge in [0.25, 0.3) is 0 Å². The van der Waals surface area contributed by atoms with Crippen LogP contribution in [0, 0.1) is 13.8 Å². The van der Waals surface area contributed by atoms with Crippen molar-refractivity contribution in [3.05, 3.63) is 45.5 Å². The van der Waals surface area contributed by atoms with Gasteiger partial charge in [0.15, 0.2) is 0 Å². The minimum atomic E-state index is -3.90. The fourth-order valence-electron chi connectivity index (χ4n) is 5.14. The standard InChI is InChI=1S/C26H32N2O6S/c1-13-19(5-15-9-31-15)24(4-3-23(13)27)35(29,30)26-14(2)20(6-16-10-32-16)25(28)21(7-17-11-33-17)22(26)8-18-12-34-18/h3-4,15-18H,5-12,27-28H2,1-2H3. The molecule has 6 rings (SSSR count). The molecule has 35 heavy (non-hydrogen) atoms. The van der Waals surface area contributed by atoms with Crippen LogP contribution in [-0.2, 0) is 54.5 Å². The lowest BCUT2D eigenvalue weighted by atomic mass is 9.89. The van der Waals surface area contributed by atoms with Crippen molar-refractivity contribution in [3.8, 4) is 0 Å². The molecule has 4 aliphatic heterocycles. The van der Waals surface area contributed by atoms with Gasteiger partial charge < -0.3 is 30.4 Å². The molecule has 4 atom stereocenters. The summed E-state index contributed by atoms with van der Waals surface area (Å²) >= 11 is 0. The molecule has 0 aliphatic carbocycles. The van der Waals surface area contributed by atoms with Gasteiger partial charge in [0, 0.05) is 37.1 Å². The first-order valence-electron chi connectivity index (χ1n) is 12.3. The third-order valence-electron chi connectivity index (χ3n) is 7.57. The molecule has 4 fully saturated rings. The van der Waals surface area contributed by atoms with Gasteiger partial charge in [-0.3, -0.25) is 0 Å². The van der Waals surface area contributed by atoms with Crippen LogP contribution in [0.25, 0.3) is 0 Å². The van der Waals surface area contributed by atoms with E-state index >= 15 is 0 Å². The molecule has 0 spiro atoms. The van der Waals surface area contributed by atoms with E-state index in [1.807, 2.05) is 13.8 Å². The number of sulfone groups is 1.